The molecule has 0 aromatic carbocycles. The summed E-state index contributed by atoms with van der Waals surface area (Å²) in [6.45, 7) is 3.57. The summed E-state index contributed by atoms with van der Waals surface area (Å²) in [6.07, 6.45) is 43.8. The molecule has 11 unspecified atom stereocenters. The van der Waals surface area contributed by atoms with Crippen LogP contribution >= 0.6 is 0 Å². The number of allylic oxidation sites excluding steroid dienone is 12. The number of hydrogen-bond acceptors (Lipinski definition) is 14. The molecule has 0 aliphatic carbocycles. The summed E-state index contributed by atoms with van der Waals surface area (Å²) in [4.78, 5) is 13.1. The van der Waals surface area contributed by atoms with E-state index >= 15 is 0 Å². The van der Waals surface area contributed by atoms with Crippen LogP contribution in [0.4, 0.5) is 0 Å². The maximum Gasteiger partial charge on any atom is 0.306 e. The predicted molar refractivity (Wildman–Crippen MR) is 298 cm³/mol. The Kier molecular flexibility index (Phi) is 43.3. The second-order valence-electron chi connectivity index (χ2n) is 20.4. The van der Waals surface area contributed by atoms with Gasteiger partial charge in [0.1, 0.15) is 54.9 Å². The lowest BCUT2D eigenvalue weighted by molar-refractivity contribution is -0.332. The topological polar surface area (TPSA) is 214 Å². The second kappa shape index (κ2) is 47.4. The molecule has 0 radical (unpaired) electrons. The number of carbonyl (C=O) groups excluding carboxylic acids is 1. The van der Waals surface area contributed by atoms with E-state index in [1.54, 1.807) is 0 Å². The van der Waals surface area contributed by atoms with Crippen molar-refractivity contribution in [2.24, 2.45) is 0 Å². The van der Waals surface area contributed by atoms with Gasteiger partial charge in [0.05, 0.1) is 26.4 Å². The van der Waals surface area contributed by atoms with Gasteiger partial charge in [0.15, 0.2) is 12.6 Å². The van der Waals surface area contributed by atoms with E-state index in [1.807, 2.05) is 0 Å². The van der Waals surface area contributed by atoms with Crippen molar-refractivity contribution in [1.29, 1.82) is 0 Å². The number of aliphatic hydroxyl groups is 7. The smallest absolute Gasteiger partial charge is 0.306 e. The predicted octanol–water partition coefficient (Wildman–Crippen LogP) is 10.6. The zero-order valence-corrected chi connectivity index (χ0v) is 46.5. The number of esters is 1. The van der Waals surface area contributed by atoms with E-state index in [2.05, 4.69) is 86.8 Å². The Morgan fingerprint density at radius 1 is 0.453 bits per heavy atom. The lowest BCUT2D eigenvalue weighted by Crippen LogP contribution is -2.61. The summed E-state index contributed by atoms with van der Waals surface area (Å²) >= 11 is 0. The first kappa shape index (κ1) is 68.5. The third kappa shape index (κ3) is 34.1. The Balaban J connectivity index is 1.71. The fourth-order valence-electron chi connectivity index (χ4n) is 9.00. The monoisotopic (exact) mass is 1060 g/mol. The molecule has 11 atom stereocenters. The van der Waals surface area contributed by atoms with Crippen LogP contribution in [0.2, 0.25) is 0 Å². The molecule has 0 saturated carbocycles. The van der Waals surface area contributed by atoms with Crippen LogP contribution in [0.1, 0.15) is 206 Å². The minimum atomic E-state index is -1.71. The molecule has 2 saturated heterocycles. The minimum Gasteiger partial charge on any atom is -0.457 e. The van der Waals surface area contributed by atoms with Crippen molar-refractivity contribution in [1.82, 2.24) is 0 Å². The van der Waals surface area contributed by atoms with Crippen LogP contribution in [-0.4, -0.2) is 142 Å². The fraction of sp³-hybridized carbons (Fsp3) is 0.787. The molecule has 0 aromatic heterocycles. The van der Waals surface area contributed by atoms with Crippen molar-refractivity contribution in [2.75, 3.05) is 33.0 Å². The highest BCUT2D eigenvalue weighted by Gasteiger charge is 2.47. The van der Waals surface area contributed by atoms with Crippen LogP contribution in [0.15, 0.2) is 72.9 Å². The summed E-state index contributed by atoms with van der Waals surface area (Å²) in [5.74, 6) is -0.390. The number of rotatable bonds is 47. The van der Waals surface area contributed by atoms with Crippen molar-refractivity contribution >= 4 is 5.97 Å². The normalized spacial score (nSPS) is 25.1. The molecule has 0 amide bonds. The molecule has 0 aromatic rings. The molecular weight excluding hydrogens is 957 g/mol. The molecule has 2 aliphatic heterocycles. The van der Waals surface area contributed by atoms with Crippen molar-refractivity contribution in [2.45, 2.75) is 274 Å². The molecule has 2 aliphatic rings. The maximum absolute atomic E-state index is 13.1. The quantitative estimate of drug-likeness (QED) is 0.0172. The van der Waals surface area contributed by atoms with Gasteiger partial charge < -0.3 is 64.2 Å². The van der Waals surface area contributed by atoms with Crippen LogP contribution in [0.3, 0.4) is 0 Å². The lowest BCUT2D eigenvalue weighted by atomic mass is 9.98. The van der Waals surface area contributed by atoms with E-state index < -0.39 is 86.7 Å². The third-order valence-electron chi connectivity index (χ3n) is 13.7. The molecule has 75 heavy (non-hydrogen) atoms. The van der Waals surface area contributed by atoms with Gasteiger partial charge in [-0.3, -0.25) is 4.79 Å². The highest BCUT2D eigenvalue weighted by molar-refractivity contribution is 5.69. The molecule has 14 nitrogen and oxygen atoms in total. The van der Waals surface area contributed by atoms with Crippen molar-refractivity contribution < 1.29 is 69.0 Å². The molecule has 434 valence electrons. The average molecular weight is 1060 g/mol. The zero-order chi connectivity index (χ0) is 54.4. The standard InChI is InChI=1S/C61H106O14/c1-3-5-7-9-11-13-15-17-19-21-22-23-24-25-26-27-28-29-30-32-34-36-38-40-42-44-53(63)73-50(47-70-45-43-41-39-37-35-33-31-20-18-16-14-12-10-8-6-4-2)48-71-60-59(69)57(67)55(65)52(75-60)49-72-61-58(68)56(66)54(64)51(46-62)74-61/h5,7,11,13,17,19,22-23,25-26,28-29,50-52,54-62,64-69H,3-4,6,8-10,12,14-16,18,20-21,24,27,30-49H2,1-2H3/b7-5-,13-11-,19-17-,23-22-,26-25-,29-28-. The number of aliphatic hydroxyl groups excluding tert-OH is 7. The highest BCUT2D eigenvalue weighted by Crippen LogP contribution is 2.27. The van der Waals surface area contributed by atoms with Gasteiger partial charge in [-0.1, -0.05) is 209 Å². The van der Waals surface area contributed by atoms with E-state index in [0.29, 0.717) is 13.0 Å². The lowest BCUT2D eigenvalue weighted by Gasteiger charge is -2.42. The van der Waals surface area contributed by atoms with Gasteiger partial charge in [-0.15, -0.1) is 0 Å². The maximum atomic E-state index is 13.1. The summed E-state index contributed by atoms with van der Waals surface area (Å²) in [7, 11) is 0. The molecule has 7 N–H and O–H groups in total. The zero-order valence-electron chi connectivity index (χ0n) is 46.5. The molecule has 0 bridgehead atoms. The number of unbranched alkanes of at least 4 members (excludes halogenated alkanes) is 21. The Hall–Kier alpha value is -2.57. The van der Waals surface area contributed by atoms with E-state index in [1.165, 1.54) is 83.5 Å². The van der Waals surface area contributed by atoms with E-state index in [4.69, 9.17) is 28.4 Å². The summed E-state index contributed by atoms with van der Waals surface area (Å²) in [5, 5.41) is 72.4. The molecule has 2 rings (SSSR count). The molecule has 14 heteroatoms. The highest BCUT2D eigenvalue weighted by atomic mass is 16.7. The number of carbonyl (C=O) groups is 1. The number of ether oxygens (including phenoxy) is 6. The second-order valence-corrected chi connectivity index (χ2v) is 20.4. The third-order valence-corrected chi connectivity index (χ3v) is 13.7. The molecular formula is C61H106O14. The first-order valence-corrected chi connectivity index (χ1v) is 29.5. The van der Waals surface area contributed by atoms with Crippen LogP contribution in [-0.2, 0) is 33.2 Å². The van der Waals surface area contributed by atoms with Gasteiger partial charge in [-0.05, 0) is 64.2 Å². The van der Waals surface area contributed by atoms with Gasteiger partial charge in [0.25, 0.3) is 0 Å². The Morgan fingerprint density at radius 2 is 0.867 bits per heavy atom. The summed E-state index contributed by atoms with van der Waals surface area (Å²) < 4.78 is 34.4. The Morgan fingerprint density at radius 3 is 1.36 bits per heavy atom. The Labute approximate surface area is 453 Å². The molecule has 2 fully saturated rings. The van der Waals surface area contributed by atoms with Crippen LogP contribution in [0.5, 0.6) is 0 Å². The van der Waals surface area contributed by atoms with Crippen molar-refractivity contribution in [3.8, 4) is 0 Å². The minimum absolute atomic E-state index is 0.0545. The van der Waals surface area contributed by atoms with Crippen LogP contribution in [0.25, 0.3) is 0 Å². The largest absolute Gasteiger partial charge is 0.457 e. The van der Waals surface area contributed by atoms with Gasteiger partial charge in [-0.2, -0.15) is 0 Å². The number of hydrogen-bond donors (Lipinski definition) is 7. The fourth-order valence-corrected chi connectivity index (χ4v) is 9.00. The van der Waals surface area contributed by atoms with E-state index in [0.717, 1.165) is 96.3 Å². The van der Waals surface area contributed by atoms with Gasteiger partial charge in [0, 0.05) is 13.0 Å². The van der Waals surface area contributed by atoms with Gasteiger partial charge in [0.2, 0.25) is 0 Å². The van der Waals surface area contributed by atoms with E-state index in [-0.39, 0.29) is 19.6 Å². The first-order valence-electron chi connectivity index (χ1n) is 29.5. The average Bonchev–Trinajstić information content (AvgIpc) is 3.41. The van der Waals surface area contributed by atoms with E-state index in [9.17, 15) is 40.5 Å². The van der Waals surface area contributed by atoms with Gasteiger partial charge in [-0.25, -0.2) is 0 Å². The Bertz CT molecular complexity index is 1510. The summed E-state index contributed by atoms with van der Waals surface area (Å²) in [5.41, 5.74) is 0. The van der Waals surface area contributed by atoms with Crippen molar-refractivity contribution in [3.05, 3.63) is 72.9 Å². The van der Waals surface area contributed by atoms with Crippen LogP contribution < -0.4 is 0 Å². The molecule has 2 heterocycles. The first-order chi connectivity index (χ1) is 36.6. The van der Waals surface area contributed by atoms with Crippen molar-refractivity contribution in [3.63, 3.8) is 0 Å². The SMILES string of the molecule is CC/C=C\C/C=C\C/C=C\C/C=C\C/C=C\C/C=C\CCCCCCCCC(=O)OC(COCCCCCCCCCCCCCCCCCC)COC1OC(COC2OC(CO)C(O)C(O)C2O)C(O)C(O)C1O. The van der Waals surface area contributed by atoms with Gasteiger partial charge >= 0.3 is 5.97 Å². The molecule has 0 spiro atoms. The summed E-state index contributed by atoms with van der Waals surface area (Å²) in [6, 6.07) is 0. The van der Waals surface area contributed by atoms with Crippen LogP contribution in [0, 0.1) is 0 Å².